The number of fused-ring (bicyclic) bond motifs is 1. The van der Waals surface area contributed by atoms with Crippen molar-refractivity contribution in [3.63, 3.8) is 0 Å². The highest BCUT2D eigenvalue weighted by atomic mass is 19.1. The maximum Gasteiger partial charge on any atom is 0.226 e. The van der Waals surface area contributed by atoms with Crippen LogP contribution >= 0.6 is 0 Å². The Kier molecular flexibility index (Phi) is 3.53. The van der Waals surface area contributed by atoms with Crippen LogP contribution in [0.5, 0.6) is 0 Å². The number of benzene rings is 1. The largest absolute Gasteiger partial charge is 0.330 e. The molecular weight excluding hydrogens is 309 g/mol. The third-order valence-corrected chi connectivity index (χ3v) is 3.95. The van der Waals surface area contributed by atoms with E-state index >= 15 is 0 Å². The molecule has 3 aromatic rings. The van der Waals surface area contributed by atoms with Gasteiger partial charge in [0.15, 0.2) is 6.29 Å². The van der Waals surface area contributed by atoms with E-state index in [4.69, 9.17) is 0 Å². The molecule has 0 bridgehead atoms. The number of carbonyl (C=O) groups excluding carboxylic acids is 1. The number of anilines is 1. The van der Waals surface area contributed by atoms with E-state index < -0.39 is 0 Å². The molecule has 1 aromatic carbocycles. The van der Waals surface area contributed by atoms with Gasteiger partial charge < -0.3 is 4.90 Å². The van der Waals surface area contributed by atoms with E-state index in [-0.39, 0.29) is 5.82 Å². The number of nitrogens with zero attached hydrogens (tertiary/aromatic N) is 5. The van der Waals surface area contributed by atoms with E-state index in [1.807, 2.05) is 15.8 Å². The Morgan fingerprint density at radius 3 is 2.75 bits per heavy atom. The second-order valence-electron chi connectivity index (χ2n) is 5.68. The van der Waals surface area contributed by atoms with Crippen LogP contribution in [-0.4, -0.2) is 26.0 Å². The van der Waals surface area contributed by atoms with Gasteiger partial charge in [0, 0.05) is 24.5 Å². The predicted octanol–water partition coefficient (Wildman–Crippen LogP) is 2.19. The third kappa shape index (κ3) is 2.76. The molecule has 1 aliphatic rings. The van der Waals surface area contributed by atoms with Crippen molar-refractivity contribution in [2.75, 3.05) is 4.90 Å². The number of halogens is 1. The maximum absolute atomic E-state index is 13.0. The van der Waals surface area contributed by atoms with E-state index in [1.165, 1.54) is 12.1 Å². The zero-order valence-electron chi connectivity index (χ0n) is 12.8. The minimum absolute atomic E-state index is 0.241. The van der Waals surface area contributed by atoms with Gasteiger partial charge in [-0.05, 0) is 23.8 Å². The van der Waals surface area contributed by atoms with Crippen LogP contribution in [0.1, 0.15) is 27.3 Å². The van der Waals surface area contributed by atoms with Gasteiger partial charge in [0.1, 0.15) is 11.5 Å². The molecule has 0 N–H and O–H groups in total. The van der Waals surface area contributed by atoms with Crippen molar-refractivity contribution < 1.29 is 9.18 Å². The molecule has 6 nitrogen and oxygen atoms in total. The minimum Gasteiger partial charge on any atom is -0.330 e. The quantitative estimate of drug-likeness (QED) is 0.689. The van der Waals surface area contributed by atoms with Gasteiger partial charge in [-0.25, -0.2) is 14.4 Å². The molecule has 7 heteroatoms. The summed E-state index contributed by atoms with van der Waals surface area (Å²) in [6, 6.07) is 7.99. The fourth-order valence-corrected chi connectivity index (χ4v) is 2.79. The van der Waals surface area contributed by atoms with Crippen molar-refractivity contribution in [3.8, 4) is 0 Å². The zero-order chi connectivity index (χ0) is 16.5. The fourth-order valence-electron chi connectivity index (χ4n) is 2.79. The van der Waals surface area contributed by atoms with Crippen molar-refractivity contribution in [2.24, 2.45) is 0 Å². The predicted molar refractivity (Wildman–Crippen MR) is 85.0 cm³/mol. The van der Waals surface area contributed by atoms with E-state index in [0.717, 1.165) is 16.8 Å². The Balaban J connectivity index is 1.49. The van der Waals surface area contributed by atoms with E-state index in [0.29, 0.717) is 37.6 Å². The Hall–Kier alpha value is -3.09. The summed E-state index contributed by atoms with van der Waals surface area (Å²) < 4.78 is 14.8. The minimum atomic E-state index is -0.241. The van der Waals surface area contributed by atoms with Crippen LogP contribution in [-0.2, 0) is 19.6 Å². The molecule has 0 fully saturated rings. The summed E-state index contributed by atoms with van der Waals surface area (Å²) in [5.74, 6) is 0.289. The van der Waals surface area contributed by atoms with Gasteiger partial charge >= 0.3 is 0 Å². The first kappa shape index (κ1) is 14.5. The fraction of sp³-hybridized carbons (Fsp3) is 0.176. The average Bonchev–Trinajstić information content (AvgIpc) is 3.15. The number of hydrogen-bond acceptors (Lipinski definition) is 5. The Morgan fingerprint density at radius 2 is 2.00 bits per heavy atom. The number of aromatic nitrogens is 4. The van der Waals surface area contributed by atoms with E-state index in [9.17, 15) is 9.18 Å². The molecule has 0 saturated heterocycles. The molecule has 0 atom stereocenters. The molecule has 0 saturated carbocycles. The lowest BCUT2D eigenvalue weighted by Crippen LogP contribution is -2.19. The molecule has 24 heavy (non-hydrogen) atoms. The number of carbonyl (C=O) groups is 1. The standard InChI is InChI=1S/C17H14FN5O/c18-14-3-1-12(2-4-14)7-23-9-13-8-22(10-16(13)21-23)17-19-6-5-15(11-24)20-17/h1-6,9,11H,7-8,10H2. The van der Waals surface area contributed by atoms with E-state index in [1.54, 1.807) is 24.4 Å². The van der Waals surface area contributed by atoms with Crippen molar-refractivity contribution in [1.29, 1.82) is 0 Å². The topological polar surface area (TPSA) is 63.9 Å². The van der Waals surface area contributed by atoms with Crippen molar-refractivity contribution in [1.82, 2.24) is 19.7 Å². The van der Waals surface area contributed by atoms with Crippen molar-refractivity contribution in [3.05, 3.63) is 71.1 Å². The molecule has 1 aliphatic heterocycles. The lowest BCUT2D eigenvalue weighted by Gasteiger charge is -2.15. The molecule has 0 unspecified atom stereocenters. The van der Waals surface area contributed by atoms with E-state index in [2.05, 4.69) is 15.1 Å². The summed E-state index contributed by atoms with van der Waals surface area (Å²) in [5.41, 5.74) is 3.44. The maximum atomic E-state index is 13.0. The SMILES string of the molecule is O=Cc1ccnc(N2Cc3cn(Cc4ccc(F)cc4)nc3C2)n1. The van der Waals surface area contributed by atoms with Gasteiger partial charge in [0.25, 0.3) is 0 Å². The molecule has 3 heterocycles. The molecule has 120 valence electrons. The first-order valence-electron chi connectivity index (χ1n) is 7.54. The molecule has 0 amide bonds. The van der Waals surface area contributed by atoms with Crippen LogP contribution in [0.3, 0.4) is 0 Å². The number of hydrogen-bond donors (Lipinski definition) is 0. The van der Waals surface area contributed by atoms with Crippen molar-refractivity contribution >= 4 is 12.2 Å². The lowest BCUT2D eigenvalue weighted by molar-refractivity contribution is 0.111. The van der Waals surface area contributed by atoms with Crippen LogP contribution in [0.4, 0.5) is 10.3 Å². The number of rotatable bonds is 4. The van der Waals surface area contributed by atoms with Gasteiger partial charge in [0.05, 0.1) is 18.8 Å². The highest BCUT2D eigenvalue weighted by Gasteiger charge is 2.24. The summed E-state index contributed by atoms with van der Waals surface area (Å²) in [4.78, 5) is 21.2. The molecule has 4 rings (SSSR count). The van der Waals surface area contributed by atoms with Crippen LogP contribution in [0.25, 0.3) is 0 Å². The van der Waals surface area contributed by atoms with Gasteiger partial charge in [-0.3, -0.25) is 9.48 Å². The van der Waals surface area contributed by atoms with Crippen molar-refractivity contribution in [2.45, 2.75) is 19.6 Å². The summed E-state index contributed by atoms with van der Waals surface area (Å²) in [7, 11) is 0. The van der Waals surface area contributed by atoms with Crippen LogP contribution in [0.15, 0.2) is 42.7 Å². The first-order chi connectivity index (χ1) is 11.7. The van der Waals surface area contributed by atoms with Gasteiger partial charge in [0.2, 0.25) is 5.95 Å². The van der Waals surface area contributed by atoms with Gasteiger partial charge in [-0.15, -0.1) is 0 Å². The Morgan fingerprint density at radius 1 is 1.17 bits per heavy atom. The summed E-state index contributed by atoms with van der Waals surface area (Å²) in [5, 5.41) is 4.58. The molecule has 0 spiro atoms. The Labute approximate surface area is 137 Å². The van der Waals surface area contributed by atoms with Gasteiger partial charge in [-0.2, -0.15) is 5.10 Å². The smallest absolute Gasteiger partial charge is 0.226 e. The lowest BCUT2D eigenvalue weighted by atomic mass is 10.2. The van der Waals surface area contributed by atoms with Gasteiger partial charge in [-0.1, -0.05) is 12.1 Å². The van der Waals surface area contributed by atoms with Crippen LogP contribution < -0.4 is 4.90 Å². The highest BCUT2D eigenvalue weighted by molar-refractivity contribution is 5.72. The summed E-state index contributed by atoms with van der Waals surface area (Å²) in [6.45, 7) is 1.86. The Bertz CT molecular complexity index is 867. The monoisotopic (exact) mass is 323 g/mol. The summed E-state index contributed by atoms with van der Waals surface area (Å²) >= 11 is 0. The highest BCUT2D eigenvalue weighted by Crippen LogP contribution is 2.25. The molecule has 2 aromatic heterocycles. The molecule has 0 radical (unpaired) electrons. The second-order valence-corrected chi connectivity index (χ2v) is 5.68. The molecular formula is C17H14FN5O. The average molecular weight is 323 g/mol. The van der Waals surface area contributed by atoms with Crippen LogP contribution in [0, 0.1) is 5.82 Å². The normalized spacial score (nSPS) is 13.1. The third-order valence-electron chi connectivity index (χ3n) is 3.95. The number of aldehydes is 1. The zero-order valence-corrected chi connectivity index (χ0v) is 12.8. The first-order valence-corrected chi connectivity index (χ1v) is 7.54. The summed E-state index contributed by atoms with van der Waals surface area (Å²) in [6.07, 6.45) is 4.28. The second kappa shape index (κ2) is 5.84. The van der Waals surface area contributed by atoms with Crippen LogP contribution in [0.2, 0.25) is 0 Å². The molecule has 0 aliphatic carbocycles.